The Morgan fingerprint density at radius 3 is 2.61 bits per heavy atom. The van der Waals surface area contributed by atoms with Crippen molar-refractivity contribution in [3.8, 4) is 5.75 Å². The van der Waals surface area contributed by atoms with Gasteiger partial charge in [0.25, 0.3) is 11.8 Å². The third kappa shape index (κ3) is 4.40. The molecule has 0 atom stereocenters. The van der Waals surface area contributed by atoms with Crippen molar-refractivity contribution in [2.75, 3.05) is 18.4 Å². The first-order valence-corrected chi connectivity index (χ1v) is 10.1. The van der Waals surface area contributed by atoms with Crippen molar-refractivity contribution in [1.29, 1.82) is 0 Å². The molecule has 1 aromatic carbocycles. The topological polar surface area (TPSA) is 116 Å². The molecule has 0 saturated carbocycles. The number of nitrogens with one attached hydrogen (secondary N) is 3. The molecule has 8 nitrogen and oxygen atoms in total. The monoisotopic (exact) mass is 423 g/mol. The van der Waals surface area contributed by atoms with E-state index in [1.54, 1.807) is 12.1 Å². The molecule has 4 rings (SSSR count). The van der Waals surface area contributed by atoms with Crippen LogP contribution < -0.4 is 16.0 Å². The number of fused-ring (bicyclic) bond motifs is 5. The lowest BCUT2D eigenvalue weighted by Crippen LogP contribution is -2.29. The number of aromatic hydroxyl groups is 1. The molecule has 2 aromatic heterocycles. The fraction of sp³-hybridized carbons (Fsp3) is 0.273. The van der Waals surface area contributed by atoms with Gasteiger partial charge in [-0.1, -0.05) is 6.07 Å². The fourth-order valence-corrected chi connectivity index (χ4v) is 3.52. The largest absolute Gasteiger partial charge is 0.504 e. The summed E-state index contributed by atoms with van der Waals surface area (Å²) in [5.41, 5.74) is 0.713. The van der Waals surface area contributed by atoms with Crippen LogP contribution in [0, 0.1) is 5.82 Å². The second-order valence-corrected chi connectivity index (χ2v) is 7.28. The molecule has 2 bridgehead atoms. The molecule has 4 N–H and O–H groups in total. The number of halogens is 1. The van der Waals surface area contributed by atoms with Crippen LogP contribution in [0.15, 0.2) is 36.5 Å². The smallest absolute Gasteiger partial charge is 0.274 e. The Hall–Kier alpha value is -3.75. The molecular weight excluding hydrogens is 401 g/mol. The van der Waals surface area contributed by atoms with E-state index in [-0.39, 0.29) is 29.1 Å². The molecule has 31 heavy (non-hydrogen) atoms. The zero-order chi connectivity index (χ0) is 21.8. The van der Waals surface area contributed by atoms with Gasteiger partial charge in [-0.25, -0.2) is 9.37 Å². The second-order valence-electron chi connectivity index (χ2n) is 7.28. The predicted molar refractivity (Wildman–Crippen MR) is 113 cm³/mol. The van der Waals surface area contributed by atoms with E-state index in [0.717, 1.165) is 25.3 Å². The van der Waals surface area contributed by atoms with Crippen LogP contribution in [-0.4, -0.2) is 40.0 Å². The Kier molecular flexibility index (Phi) is 5.92. The zero-order valence-electron chi connectivity index (χ0n) is 16.7. The van der Waals surface area contributed by atoms with Crippen molar-refractivity contribution < 1.29 is 19.1 Å². The van der Waals surface area contributed by atoms with Crippen LogP contribution in [0.25, 0.3) is 10.9 Å². The number of benzene rings is 1. The van der Waals surface area contributed by atoms with E-state index in [4.69, 9.17) is 0 Å². The maximum Gasteiger partial charge on any atom is 0.274 e. The van der Waals surface area contributed by atoms with E-state index in [2.05, 4.69) is 25.9 Å². The summed E-state index contributed by atoms with van der Waals surface area (Å²) in [5.74, 6) is -1.42. The average Bonchev–Trinajstić information content (AvgIpc) is 2.78. The molecule has 3 aromatic rings. The van der Waals surface area contributed by atoms with Crippen molar-refractivity contribution in [2.24, 2.45) is 0 Å². The molecule has 0 aliphatic carbocycles. The average molecular weight is 423 g/mol. The lowest BCUT2D eigenvalue weighted by molar-refractivity contribution is 0.0930. The van der Waals surface area contributed by atoms with E-state index >= 15 is 0 Å². The Morgan fingerprint density at radius 1 is 0.968 bits per heavy atom. The van der Waals surface area contributed by atoms with Crippen LogP contribution in [0.5, 0.6) is 5.75 Å². The molecule has 160 valence electrons. The molecule has 0 spiro atoms. The molecule has 0 fully saturated rings. The number of nitrogens with zero attached hydrogens (tertiary/aromatic N) is 2. The van der Waals surface area contributed by atoms with Gasteiger partial charge in [-0.05, 0) is 49.1 Å². The first-order chi connectivity index (χ1) is 15.0. The van der Waals surface area contributed by atoms with Crippen LogP contribution in [0.3, 0.4) is 0 Å². The quantitative estimate of drug-likeness (QED) is 0.442. The number of anilines is 1. The highest BCUT2D eigenvalue weighted by molar-refractivity contribution is 6.04. The molecular formula is C22H22FN5O3. The van der Waals surface area contributed by atoms with Crippen molar-refractivity contribution in [2.45, 2.75) is 25.8 Å². The third-order valence-corrected chi connectivity index (χ3v) is 5.14. The van der Waals surface area contributed by atoms with Gasteiger partial charge >= 0.3 is 0 Å². The summed E-state index contributed by atoms with van der Waals surface area (Å²) in [6.45, 7) is 1.03. The molecule has 1 aliphatic heterocycles. The van der Waals surface area contributed by atoms with Crippen LogP contribution in [-0.2, 0) is 6.54 Å². The van der Waals surface area contributed by atoms with Gasteiger partial charge in [-0.15, -0.1) is 0 Å². The first-order valence-electron chi connectivity index (χ1n) is 10.1. The van der Waals surface area contributed by atoms with Crippen molar-refractivity contribution in [3.05, 3.63) is 59.2 Å². The van der Waals surface area contributed by atoms with E-state index in [1.807, 2.05) is 0 Å². The maximum absolute atomic E-state index is 13.7. The maximum atomic E-state index is 13.7. The Morgan fingerprint density at radius 2 is 1.77 bits per heavy atom. The molecule has 3 heterocycles. The fourth-order valence-electron chi connectivity index (χ4n) is 3.52. The van der Waals surface area contributed by atoms with Crippen LogP contribution >= 0.6 is 0 Å². The van der Waals surface area contributed by atoms with Crippen LogP contribution in [0.2, 0.25) is 0 Å². The highest BCUT2D eigenvalue weighted by Crippen LogP contribution is 2.30. The number of pyridine rings is 2. The van der Waals surface area contributed by atoms with Crippen LogP contribution in [0.1, 0.15) is 45.7 Å². The van der Waals surface area contributed by atoms with E-state index in [0.29, 0.717) is 29.9 Å². The molecule has 1 aliphatic rings. The highest BCUT2D eigenvalue weighted by atomic mass is 19.1. The lowest BCUT2D eigenvalue weighted by Gasteiger charge is -2.15. The number of hydrogen-bond donors (Lipinski definition) is 4. The normalized spacial score (nSPS) is 15.5. The van der Waals surface area contributed by atoms with Gasteiger partial charge in [0.1, 0.15) is 17.2 Å². The number of carbonyl (C=O) groups is 2. The zero-order valence-corrected chi connectivity index (χ0v) is 16.7. The summed E-state index contributed by atoms with van der Waals surface area (Å²) >= 11 is 0. The second kappa shape index (κ2) is 8.95. The van der Waals surface area contributed by atoms with Crippen molar-refractivity contribution in [3.63, 3.8) is 0 Å². The standard InChI is InChI=1S/C22H22FN5O3/c23-14-7-6-13-12-27-22(31)18-19(29)17-15(5-4-10-24-17)20(28-18)25-8-2-1-3-9-26-21(30)16(13)11-14/h4-7,10-11,29H,1-3,8-9,12H2,(H,25,28)(H,26,30)(H,27,31). The Bertz CT molecular complexity index is 1150. The summed E-state index contributed by atoms with van der Waals surface area (Å²) in [6.07, 6.45) is 3.96. The lowest BCUT2D eigenvalue weighted by atomic mass is 10.1. The van der Waals surface area contributed by atoms with Gasteiger partial charge in [-0.3, -0.25) is 14.6 Å². The highest BCUT2D eigenvalue weighted by Gasteiger charge is 2.21. The van der Waals surface area contributed by atoms with E-state index < -0.39 is 17.6 Å². The number of hydrogen-bond acceptors (Lipinski definition) is 6. The predicted octanol–water partition coefficient (Wildman–Crippen LogP) is 2.73. The molecule has 0 radical (unpaired) electrons. The Balaban J connectivity index is 1.72. The van der Waals surface area contributed by atoms with Gasteiger partial charge in [0, 0.05) is 36.8 Å². The van der Waals surface area contributed by atoms with Crippen LogP contribution in [0.4, 0.5) is 10.2 Å². The van der Waals surface area contributed by atoms with E-state index in [9.17, 15) is 19.1 Å². The minimum absolute atomic E-state index is 0.0357. The van der Waals surface area contributed by atoms with Gasteiger partial charge in [0.15, 0.2) is 11.4 Å². The first kappa shape index (κ1) is 20.5. The molecule has 2 amide bonds. The van der Waals surface area contributed by atoms with Gasteiger partial charge in [0.2, 0.25) is 0 Å². The van der Waals surface area contributed by atoms with Crippen molar-refractivity contribution in [1.82, 2.24) is 20.6 Å². The summed E-state index contributed by atoms with van der Waals surface area (Å²) < 4.78 is 13.7. The molecule has 9 heteroatoms. The summed E-state index contributed by atoms with van der Waals surface area (Å²) in [4.78, 5) is 33.9. The minimum atomic E-state index is -0.629. The third-order valence-electron chi connectivity index (χ3n) is 5.14. The van der Waals surface area contributed by atoms with Gasteiger partial charge in [-0.2, -0.15) is 0 Å². The number of rotatable bonds is 0. The summed E-state index contributed by atoms with van der Waals surface area (Å²) in [7, 11) is 0. The summed E-state index contributed by atoms with van der Waals surface area (Å²) in [5, 5.41) is 19.9. The molecule has 0 saturated heterocycles. The van der Waals surface area contributed by atoms with Gasteiger partial charge in [0.05, 0.1) is 0 Å². The SMILES string of the molecule is O=C1NCCCCCNc2nc(c(O)c3ncccc23)C(=O)NCc2ccc(F)cc21. The minimum Gasteiger partial charge on any atom is -0.504 e. The van der Waals surface area contributed by atoms with Gasteiger partial charge < -0.3 is 21.1 Å². The molecule has 0 unspecified atom stereocenters. The number of amides is 2. The van der Waals surface area contributed by atoms with E-state index in [1.165, 1.54) is 18.3 Å². The Labute approximate surface area is 177 Å². The summed E-state index contributed by atoms with van der Waals surface area (Å²) in [6, 6.07) is 7.35. The number of carbonyl (C=O) groups excluding carboxylic acids is 2. The number of aromatic nitrogens is 2. The van der Waals surface area contributed by atoms with Crippen molar-refractivity contribution >= 4 is 28.5 Å².